The van der Waals surface area contributed by atoms with Gasteiger partial charge in [0.1, 0.15) is 6.61 Å². The van der Waals surface area contributed by atoms with Crippen LogP contribution in [0.2, 0.25) is 0 Å². The van der Waals surface area contributed by atoms with Gasteiger partial charge >= 0.3 is 0 Å². The first-order valence-electron chi connectivity index (χ1n) is 7.95. The summed E-state index contributed by atoms with van der Waals surface area (Å²) < 4.78 is 5.81. The Labute approximate surface area is 130 Å². The van der Waals surface area contributed by atoms with Crippen molar-refractivity contribution in [1.82, 2.24) is 4.90 Å². The molecule has 1 saturated heterocycles. The zero-order valence-corrected chi connectivity index (χ0v) is 14.6. The predicted molar refractivity (Wildman–Crippen MR) is 87.1 cm³/mol. The van der Waals surface area contributed by atoms with Crippen molar-refractivity contribution in [2.75, 3.05) is 26.2 Å². The molecule has 3 nitrogen and oxygen atoms in total. The second-order valence-electron chi connectivity index (χ2n) is 8.01. The maximum absolute atomic E-state index is 12.0. The van der Waals surface area contributed by atoms with Gasteiger partial charge in [-0.3, -0.25) is 9.69 Å². The number of hydrogen-bond acceptors (Lipinski definition) is 3. The first-order valence-corrected chi connectivity index (χ1v) is 7.95. The molecule has 0 spiro atoms. The van der Waals surface area contributed by atoms with Gasteiger partial charge in [0, 0.05) is 23.9 Å². The molecule has 1 rings (SSSR count). The number of ketones is 1. The second kappa shape index (κ2) is 7.42. The van der Waals surface area contributed by atoms with Crippen molar-refractivity contribution in [2.24, 2.45) is 10.8 Å². The van der Waals surface area contributed by atoms with Crippen molar-refractivity contribution >= 4 is 5.78 Å². The molecule has 1 heterocycles. The monoisotopic (exact) mass is 293 g/mol. The van der Waals surface area contributed by atoms with Gasteiger partial charge in [-0.25, -0.2) is 0 Å². The van der Waals surface area contributed by atoms with Crippen LogP contribution in [0.5, 0.6) is 0 Å². The number of hydrogen-bond donors (Lipinski definition) is 0. The van der Waals surface area contributed by atoms with Crippen molar-refractivity contribution in [2.45, 2.75) is 60.5 Å². The van der Waals surface area contributed by atoms with Gasteiger partial charge in [0.25, 0.3) is 0 Å². The number of Topliss-reactive ketones (excluding diaryl/α,β-unsaturated/α-hetero) is 1. The highest BCUT2D eigenvalue weighted by Gasteiger charge is 2.26. The summed E-state index contributed by atoms with van der Waals surface area (Å²) in [5.41, 5.74) is -0.198. The molecule has 0 atom stereocenters. The molecule has 1 aliphatic heterocycles. The van der Waals surface area contributed by atoms with E-state index in [1.54, 1.807) is 0 Å². The van der Waals surface area contributed by atoms with Crippen LogP contribution in [-0.2, 0) is 9.53 Å². The maximum atomic E-state index is 12.0. The summed E-state index contributed by atoms with van der Waals surface area (Å²) in [5.74, 6) is 6.60. The Bertz CT molecular complexity index is 396. The molecule has 0 saturated carbocycles. The summed E-state index contributed by atoms with van der Waals surface area (Å²) >= 11 is 0. The molecule has 0 radical (unpaired) electrons. The van der Waals surface area contributed by atoms with Crippen LogP contribution in [-0.4, -0.2) is 43.0 Å². The van der Waals surface area contributed by atoms with Crippen LogP contribution in [0.25, 0.3) is 0 Å². The minimum absolute atomic E-state index is 0.0417. The molecule has 0 aromatic heterocycles. The molecule has 120 valence electrons. The summed E-state index contributed by atoms with van der Waals surface area (Å²) in [6.45, 7) is 15.2. The van der Waals surface area contributed by atoms with Crippen LogP contribution < -0.4 is 0 Å². The number of likely N-dealkylation sites (tertiary alicyclic amines) is 1. The highest BCUT2D eigenvalue weighted by Crippen LogP contribution is 2.18. The minimum Gasteiger partial charge on any atom is -0.365 e. The molecular formula is C18H31NO2. The molecule has 3 heteroatoms. The fraction of sp³-hybridized carbons (Fsp3) is 0.833. The summed E-state index contributed by atoms with van der Waals surface area (Å²) in [4.78, 5) is 14.3. The fourth-order valence-corrected chi connectivity index (χ4v) is 2.14. The van der Waals surface area contributed by atoms with E-state index in [4.69, 9.17) is 4.74 Å². The first kappa shape index (κ1) is 18.2. The third kappa shape index (κ3) is 7.64. The number of carbonyl (C=O) groups excluding carboxylic acids is 1. The Morgan fingerprint density at radius 1 is 1.14 bits per heavy atom. The SMILES string of the molecule is CC(C)(C)C#CCOC1CCN(CC(=O)C(C)(C)C)CC1. The van der Waals surface area contributed by atoms with Crippen LogP contribution in [0, 0.1) is 22.7 Å². The minimum atomic E-state index is -0.240. The quantitative estimate of drug-likeness (QED) is 0.746. The van der Waals surface area contributed by atoms with Crippen molar-refractivity contribution in [3.63, 3.8) is 0 Å². The van der Waals surface area contributed by atoms with E-state index in [0.29, 0.717) is 25.0 Å². The lowest BCUT2D eigenvalue weighted by Gasteiger charge is -2.32. The van der Waals surface area contributed by atoms with E-state index in [9.17, 15) is 4.79 Å². The van der Waals surface area contributed by atoms with E-state index in [0.717, 1.165) is 25.9 Å². The van der Waals surface area contributed by atoms with E-state index >= 15 is 0 Å². The highest BCUT2D eigenvalue weighted by molar-refractivity contribution is 5.85. The summed E-state index contributed by atoms with van der Waals surface area (Å²) in [6.07, 6.45) is 2.28. The average molecular weight is 293 g/mol. The van der Waals surface area contributed by atoms with Crippen LogP contribution in [0.1, 0.15) is 54.4 Å². The zero-order valence-electron chi connectivity index (χ0n) is 14.6. The van der Waals surface area contributed by atoms with E-state index in [2.05, 4.69) is 37.5 Å². The fourth-order valence-electron chi connectivity index (χ4n) is 2.14. The smallest absolute Gasteiger partial charge is 0.152 e. The Morgan fingerprint density at radius 2 is 1.71 bits per heavy atom. The average Bonchev–Trinajstić information content (AvgIpc) is 2.34. The number of nitrogens with zero attached hydrogens (tertiary/aromatic N) is 1. The largest absolute Gasteiger partial charge is 0.365 e. The van der Waals surface area contributed by atoms with Crippen LogP contribution in [0.4, 0.5) is 0 Å². The number of ether oxygens (including phenoxy) is 1. The Morgan fingerprint density at radius 3 is 2.19 bits per heavy atom. The van der Waals surface area contributed by atoms with Crippen molar-refractivity contribution in [1.29, 1.82) is 0 Å². The molecule has 0 N–H and O–H groups in total. The van der Waals surface area contributed by atoms with Crippen LogP contribution >= 0.6 is 0 Å². The van der Waals surface area contributed by atoms with Gasteiger partial charge in [-0.05, 0) is 33.6 Å². The Hall–Kier alpha value is -0.850. The molecule has 0 amide bonds. The number of piperidine rings is 1. The molecule has 0 aromatic rings. The van der Waals surface area contributed by atoms with Gasteiger partial charge in [-0.1, -0.05) is 32.6 Å². The topological polar surface area (TPSA) is 29.5 Å². The van der Waals surface area contributed by atoms with Gasteiger partial charge in [-0.15, -0.1) is 0 Å². The standard InChI is InChI=1S/C18H31NO2/c1-17(2,3)10-7-13-21-15-8-11-19(12-9-15)14-16(20)18(4,5)6/h15H,8-9,11-14H2,1-6H3. The highest BCUT2D eigenvalue weighted by atomic mass is 16.5. The van der Waals surface area contributed by atoms with Crippen molar-refractivity contribution < 1.29 is 9.53 Å². The third-order valence-electron chi connectivity index (χ3n) is 3.59. The second-order valence-corrected chi connectivity index (χ2v) is 8.01. The molecule has 0 aromatic carbocycles. The summed E-state index contributed by atoms with van der Waals surface area (Å²) in [5, 5.41) is 0. The van der Waals surface area contributed by atoms with Crippen molar-refractivity contribution in [3.05, 3.63) is 0 Å². The van der Waals surface area contributed by atoms with Gasteiger partial charge in [0.2, 0.25) is 0 Å². The molecule has 1 fully saturated rings. The van der Waals surface area contributed by atoms with Gasteiger partial charge < -0.3 is 4.74 Å². The van der Waals surface area contributed by atoms with Gasteiger partial charge in [-0.2, -0.15) is 0 Å². The third-order valence-corrected chi connectivity index (χ3v) is 3.59. The molecule has 21 heavy (non-hydrogen) atoms. The van der Waals surface area contributed by atoms with Crippen LogP contribution in [0.3, 0.4) is 0 Å². The van der Waals surface area contributed by atoms with E-state index in [1.807, 2.05) is 20.8 Å². The van der Waals surface area contributed by atoms with Crippen LogP contribution in [0.15, 0.2) is 0 Å². The Kier molecular flexibility index (Phi) is 6.43. The number of carbonyl (C=O) groups is 1. The first-order chi connectivity index (χ1) is 9.58. The van der Waals surface area contributed by atoms with E-state index < -0.39 is 0 Å². The lowest BCUT2D eigenvalue weighted by Crippen LogP contribution is -2.42. The lowest BCUT2D eigenvalue weighted by molar-refractivity contribution is -0.128. The van der Waals surface area contributed by atoms with Gasteiger partial charge in [0.15, 0.2) is 5.78 Å². The number of rotatable bonds is 4. The van der Waals surface area contributed by atoms with E-state index in [-0.39, 0.29) is 10.8 Å². The molecular weight excluding hydrogens is 262 g/mol. The Balaban J connectivity index is 2.26. The molecule has 0 bridgehead atoms. The maximum Gasteiger partial charge on any atom is 0.152 e. The predicted octanol–water partition coefficient (Wildman–Crippen LogP) is 3.13. The lowest BCUT2D eigenvalue weighted by atomic mass is 9.90. The molecule has 0 aliphatic carbocycles. The summed E-state index contributed by atoms with van der Waals surface area (Å²) in [6, 6.07) is 0. The van der Waals surface area contributed by atoms with Crippen molar-refractivity contribution in [3.8, 4) is 11.8 Å². The summed E-state index contributed by atoms with van der Waals surface area (Å²) in [7, 11) is 0. The molecule has 0 unspecified atom stereocenters. The van der Waals surface area contributed by atoms with Gasteiger partial charge in [0.05, 0.1) is 12.6 Å². The molecule has 1 aliphatic rings. The normalized spacial score (nSPS) is 18.2. The van der Waals surface area contributed by atoms with E-state index in [1.165, 1.54) is 0 Å². The zero-order chi connectivity index (χ0) is 16.1.